The topological polar surface area (TPSA) is 38.7 Å². The van der Waals surface area contributed by atoms with Gasteiger partial charge in [-0.3, -0.25) is 9.79 Å². The number of ether oxygens (including phenoxy) is 1. The zero-order valence-electron chi connectivity index (χ0n) is 9.75. The highest BCUT2D eigenvalue weighted by atomic mass is 16.5. The normalized spacial score (nSPS) is 39.5. The molecular formula is C12H19NO2. The van der Waals surface area contributed by atoms with Gasteiger partial charge in [0.15, 0.2) is 0 Å². The molecular weight excluding hydrogens is 190 g/mol. The van der Waals surface area contributed by atoms with E-state index in [2.05, 4.69) is 4.99 Å². The number of methoxy groups -OCH3 is 1. The maximum atomic E-state index is 11.9. The Bertz CT molecular complexity index is 311. The molecule has 2 rings (SSSR count). The van der Waals surface area contributed by atoms with E-state index in [0.29, 0.717) is 12.0 Å². The highest BCUT2D eigenvalue weighted by molar-refractivity contribution is 6.07. The first-order chi connectivity index (χ1) is 7.10. The third-order valence-electron chi connectivity index (χ3n) is 4.19. The summed E-state index contributed by atoms with van der Waals surface area (Å²) in [7, 11) is 1.47. The molecule has 1 saturated carbocycles. The smallest absolute Gasteiger partial charge is 0.317 e. The van der Waals surface area contributed by atoms with E-state index in [0.717, 1.165) is 18.6 Å². The minimum atomic E-state index is -0.458. The molecule has 0 amide bonds. The summed E-state index contributed by atoms with van der Waals surface area (Å²) in [5.41, 5.74) is 0.506. The Morgan fingerprint density at radius 2 is 2.13 bits per heavy atom. The molecule has 3 heteroatoms. The monoisotopic (exact) mass is 209 g/mol. The zero-order chi connectivity index (χ0) is 11.1. The van der Waals surface area contributed by atoms with Gasteiger partial charge in [0.2, 0.25) is 0 Å². The number of carbonyl (C=O) groups excluding carboxylic acids is 1. The van der Waals surface area contributed by atoms with Gasteiger partial charge in [-0.15, -0.1) is 0 Å². The van der Waals surface area contributed by atoms with E-state index >= 15 is 0 Å². The Labute approximate surface area is 90.9 Å². The molecule has 1 fully saturated rings. The van der Waals surface area contributed by atoms with E-state index in [1.807, 2.05) is 13.8 Å². The molecule has 15 heavy (non-hydrogen) atoms. The molecule has 3 atom stereocenters. The first-order valence-corrected chi connectivity index (χ1v) is 5.74. The maximum absolute atomic E-state index is 11.9. The molecule has 1 aliphatic heterocycles. The fraction of sp³-hybridized carbons (Fsp3) is 0.833. The lowest BCUT2D eigenvalue weighted by atomic mass is 9.68. The van der Waals surface area contributed by atoms with Crippen LogP contribution in [0.3, 0.4) is 0 Å². The minimum absolute atomic E-state index is 0.113. The number of esters is 1. The van der Waals surface area contributed by atoms with Crippen LogP contribution in [-0.2, 0) is 9.53 Å². The predicted molar refractivity (Wildman–Crippen MR) is 59.0 cm³/mol. The molecule has 3 nitrogen and oxygen atoms in total. The van der Waals surface area contributed by atoms with Crippen molar-refractivity contribution >= 4 is 11.7 Å². The first kappa shape index (κ1) is 10.7. The predicted octanol–water partition coefficient (Wildman–Crippen LogP) is 2.20. The van der Waals surface area contributed by atoms with E-state index in [1.54, 1.807) is 0 Å². The third-order valence-corrected chi connectivity index (χ3v) is 4.19. The molecule has 0 saturated heterocycles. The van der Waals surface area contributed by atoms with E-state index < -0.39 is 5.41 Å². The highest BCUT2D eigenvalue weighted by Gasteiger charge is 2.52. The van der Waals surface area contributed by atoms with Crippen molar-refractivity contribution in [3.63, 3.8) is 0 Å². The van der Waals surface area contributed by atoms with Gasteiger partial charge < -0.3 is 4.74 Å². The van der Waals surface area contributed by atoms with Gasteiger partial charge in [0.05, 0.1) is 13.2 Å². The summed E-state index contributed by atoms with van der Waals surface area (Å²) < 4.78 is 4.94. The molecule has 0 aromatic rings. The fourth-order valence-corrected chi connectivity index (χ4v) is 3.10. The van der Waals surface area contributed by atoms with Crippen molar-refractivity contribution in [1.29, 1.82) is 0 Å². The average molecular weight is 209 g/mol. The van der Waals surface area contributed by atoms with Crippen LogP contribution in [0.15, 0.2) is 4.99 Å². The lowest BCUT2D eigenvalue weighted by Gasteiger charge is -2.34. The number of hydrogen-bond acceptors (Lipinski definition) is 3. The van der Waals surface area contributed by atoms with Crippen LogP contribution in [0.5, 0.6) is 0 Å². The first-order valence-electron chi connectivity index (χ1n) is 5.74. The number of carbonyl (C=O) groups is 1. The molecule has 1 heterocycles. The van der Waals surface area contributed by atoms with Crippen molar-refractivity contribution in [1.82, 2.24) is 0 Å². The molecule has 0 radical (unpaired) electrons. The quantitative estimate of drug-likeness (QED) is 0.621. The molecule has 0 aromatic carbocycles. The van der Waals surface area contributed by atoms with E-state index in [9.17, 15) is 4.79 Å². The van der Waals surface area contributed by atoms with Crippen molar-refractivity contribution in [2.24, 2.45) is 16.3 Å². The number of hydrogen-bond donors (Lipinski definition) is 0. The third kappa shape index (κ3) is 1.40. The summed E-state index contributed by atoms with van der Waals surface area (Å²) in [5, 5.41) is 0. The lowest BCUT2D eigenvalue weighted by molar-refractivity contribution is -0.150. The van der Waals surface area contributed by atoms with Gasteiger partial charge in [0.25, 0.3) is 0 Å². The zero-order valence-corrected chi connectivity index (χ0v) is 9.75. The summed E-state index contributed by atoms with van der Waals surface area (Å²) in [6.07, 6.45) is 4.71. The summed E-state index contributed by atoms with van der Waals surface area (Å²) in [5.74, 6) is 0.261. The van der Waals surface area contributed by atoms with Crippen LogP contribution in [0, 0.1) is 11.3 Å². The average Bonchev–Trinajstić information content (AvgIpc) is 2.52. The number of aliphatic imine (C=N–C) groups is 1. The Balaban J connectivity index is 2.31. The van der Waals surface area contributed by atoms with Crippen LogP contribution in [0.2, 0.25) is 0 Å². The van der Waals surface area contributed by atoms with Crippen LogP contribution >= 0.6 is 0 Å². The summed E-state index contributed by atoms with van der Waals surface area (Å²) in [6, 6.07) is 0.364. The van der Waals surface area contributed by atoms with Crippen LogP contribution in [0.4, 0.5) is 0 Å². The molecule has 84 valence electrons. The van der Waals surface area contributed by atoms with Gasteiger partial charge in [-0.2, -0.15) is 0 Å². The number of rotatable bonds is 1. The van der Waals surface area contributed by atoms with E-state index in [4.69, 9.17) is 4.74 Å². The summed E-state index contributed by atoms with van der Waals surface area (Å²) in [6.45, 7) is 3.96. The van der Waals surface area contributed by atoms with Crippen molar-refractivity contribution in [3.05, 3.63) is 0 Å². The standard InChI is InChI=1S/C12H19NO2/c1-8-12(2,11(14)15-3)9-6-4-5-7-10(9)13-8/h9-10H,4-7H2,1-3H3/t9?,10?,12-/m0/s1. The van der Waals surface area contributed by atoms with Gasteiger partial charge in [-0.25, -0.2) is 0 Å². The molecule has 0 spiro atoms. The molecule has 2 aliphatic rings. The van der Waals surface area contributed by atoms with Crippen LogP contribution in [0.25, 0.3) is 0 Å². The van der Waals surface area contributed by atoms with Gasteiger partial charge in [-0.1, -0.05) is 12.8 Å². The Hall–Kier alpha value is -0.860. The molecule has 1 aliphatic carbocycles. The second-order valence-corrected chi connectivity index (χ2v) is 4.87. The van der Waals surface area contributed by atoms with E-state index in [1.165, 1.54) is 20.0 Å². The van der Waals surface area contributed by atoms with Gasteiger partial charge in [0, 0.05) is 11.6 Å². The number of nitrogens with zero attached hydrogens (tertiary/aromatic N) is 1. The highest BCUT2D eigenvalue weighted by Crippen LogP contribution is 2.46. The Morgan fingerprint density at radius 1 is 1.47 bits per heavy atom. The molecule has 0 bridgehead atoms. The minimum Gasteiger partial charge on any atom is -0.468 e. The van der Waals surface area contributed by atoms with Crippen molar-refractivity contribution in [2.75, 3.05) is 7.11 Å². The summed E-state index contributed by atoms with van der Waals surface area (Å²) in [4.78, 5) is 16.5. The second-order valence-electron chi connectivity index (χ2n) is 4.87. The largest absolute Gasteiger partial charge is 0.468 e. The van der Waals surface area contributed by atoms with Crippen molar-refractivity contribution in [2.45, 2.75) is 45.6 Å². The Kier molecular flexibility index (Phi) is 2.57. The lowest BCUT2D eigenvalue weighted by Crippen LogP contribution is -2.42. The molecule has 0 N–H and O–H groups in total. The van der Waals surface area contributed by atoms with Crippen molar-refractivity contribution < 1.29 is 9.53 Å². The van der Waals surface area contributed by atoms with Crippen LogP contribution in [0.1, 0.15) is 39.5 Å². The second kappa shape index (κ2) is 3.62. The van der Waals surface area contributed by atoms with Gasteiger partial charge in [0.1, 0.15) is 5.41 Å². The number of fused-ring (bicyclic) bond motifs is 1. The van der Waals surface area contributed by atoms with Crippen LogP contribution in [-0.4, -0.2) is 24.8 Å². The summed E-state index contributed by atoms with van der Waals surface area (Å²) >= 11 is 0. The SMILES string of the molecule is COC(=O)[C@@]1(C)C(C)=NC2CCCCC21. The van der Waals surface area contributed by atoms with Crippen molar-refractivity contribution in [3.8, 4) is 0 Å². The molecule has 2 unspecified atom stereocenters. The van der Waals surface area contributed by atoms with E-state index in [-0.39, 0.29) is 5.97 Å². The van der Waals surface area contributed by atoms with Gasteiger partial charge in [-0.05, 0) is 26.7 Å². The molecule has 0 aromatic heterocycles. The van der Waals surface area contributed by atoms with Gasteiger partial charge >= 0.3 is 5.97 Å². The Morgan fingerprint density at radius 3 is 2.80 bits per heavy atom. The maximum Gasteiger partial charge on any atom is 0.317 e. The fourth-order valence-electron chi connectivity index (χ4n) is 3.10. The van der Waals surface area contributed by atoms with Crippen LogP contribution < -0.4 is 0 Å².